The van der Waals surface area contributed by atoms with Gasteiger partial charge < -0.3 is 14.8 Å². The van der Waals surface area contributed by atoms with Gasteiger partial charge >= 0.3 is 0 Å². The summed E-state index contributed by atoms with van der Waals surface area (Å²) >= 11 is 0. The zero-order chi connectivity index (χ0) is 22.3. The number of hydrogen-bond donors (Lipinski definition) is 1. The molecular formula is C23H24N2O5S. The van der Waals surface area contributed by atoms with E-state index in [1.54, 1.807) is 92.9 Å². The average Bonchev–Trinajstić information content (AvgIpc) is 2.79. The number of carbonyl (C=O) groups is 1. The van der Waals surface area contributed by atoms with Gasteiger partial charge in [-0.25, -0.2) is 8.42 Å². The largest absolute Gasteiger partial charge is 0.497 e. The summed E-state index contributed by atoms with van der Waals surface area (Å²) in [5.41, 5.74) is 1.12. The molecule has 0 fully saturated rings. The van der Waals surface area contributed by atoms with Crippen LogP contribution in [0.25, 0.3) is 0 Å². The molecule has 3 rings (SSSR count). The molecule has 0 spiro atoms. The molecule has 7 nitrogen and oxygen atoms in total. The molecule has 31 heavy (non-hydrogen) atoms. The highest BCUT2D eigenvalue weighted by atomic mass is 32.2. The Morgan fingerprint density at radius 2 is 1.65 bits per heavy atom. The van der Waals surface area contributed by atoms with Gasteiger partial charge in [-0.05, 0) is 55.5 Å². The van der Waals surface area contributed by atoms with Crippen molar-refractivity contribution in [2.75, 3.05) is 29.9 Å². The predicted molar refractivity (Wildman–Crippen MR) is 120 cm³/mol. The second-order valence-electron chi connectivity index (χ2n) is 6.55. The number of ether oxygens (including phenoxy) is 2. The molecule has 0 saturated heterocycles. The lowest BCUT2D eigenvalue weighted by atomic mass is 10.3. The van der Waals surface area contributed by atoms with E-state index >= 15 is 0 Å². The molecule has 0 unspecified atom stereocenters. The molecule has 0 bridgehead atoms. The Labute approximate surface area is 182 Å². The van der Waals surface area contributed by atoms with Crippen LogP contribution in [0.5, 0.6) is 11.5 Å². The van der Waals surface area contributed by atoms with Gasteiger partial charge in [-0.1, -0.05) is 24.3 Å². The number of rotatable bonds is 9. The monoisotopic (exact) mass is 440 g/mol. The SMILES string of the molecule is CCN(c1ccc(OCC(=O)Nc2cccc(OC)c2)cc1)S(=O)(=O)c1ccccc1. The lowest BCUT2D eigenvalue weighted by molar-refractivity contribution is -0.118. The maximum Gasteiger partial charge on any atom is 0.264 e. The lowest BCUT2D eigenvalue weighted by Gasteiger charge is -2.23. The van der Waals surface area contributed by atoms with Crippen LogP contribution in [0.3, 0.4) is 0 Å². The molecule has 0 saturated carbocycles. The molecule has 1 N–H and O–H groups in total. The lowest BCUT2D eigenvalue weighted by Crippen LogP contribution is -2.30. The number of hydrogen-bond acceptors (Lipinski definition) is 5. The number of nitrogens with one attached hydrogen (secondary N) is 1. The molecule has 0 heterocycles. The van der Waals surface area contributed by atoms with Crippen molar-refractivity contribution in [3.8, 4) is 11.5 Å². The van der Waals surface area contributed by atoms with Crippen molar-refractivity contribution in [1.82, 2.24) is 0 Å². The van der Waals surface area contributed by atoms with Crippen LogP contribution in [-0.4, -0.2) is 34.6 Å². The zero-order valence-electron chi connectivity index (χ0n) is 17.3. The first-order chi connectivity index (χ1) is 14.9. The number of benzene rings is 3. The summed E-state index contributed by atoms with van der Waals surface area (Å²) in [4.78, 5) is 12.4. The van der Waals surface area contributed by atoms with Gasteiger partial charge in [0.15, 0.2) is 6.61 Å². The smallest absolute Gasteiger partial charge is 0.264 e. The summed E-state index contributed by atoms with van der Waals surface area (Å²) < 4.78 is 37.8. The van der Waals surface area contributed by atoms with E-state index in [2.05, 4.69) is 5.32 Å². The Hall–Kier alpha value is -3.52. The van der Waals surface area contributed by atoms with Gasteiger partial charge in [0.05, 0.1) is 17.7 Å². The molecule has 1 amide bonds. The molecule has 0 aliphatic carbocycles. The van der Waals surface area contributed by atoms with Gasteiger partial charge in [-0.3, -0.25) is 9.10 Å². The highest BCUT2D eigenvalue weighted by molar-refractivity contribution is 7.92. The van der Waals surface area contributed by atoms with Crippen LogP contribution in [0.4, 0.5) is 11.4 Å². The summed E-state index contributed by atoms with van der Waals surface area (Å²) in [6, 6.07) is 21.9. The molecule has 3 aromatic carbocycles. The summed E-state index contributed by atoms with van der Waals surface area (Å²) in [7, 11) is -2.11. The van der Waals surface area contributed by atoms with Crippen molar-refractivity contribution >= 4 is 27.3 Å². The van der Waals surface area contributed by atoms with E-state index in [-0.39, 0.29) is 24.0 Å². The molecule has 0 aliphatic heterocycles. The highest BCUT2D eigenvalue weighted by Crippen LogP contribution is 2.25. The Kier molecular flexibility index (Phi) is 7.15. The van der Waals surface area contributed by atoms with E-state index in [1.165, 1.54) is 4.31 Å². The molecule has 0 aliphatic rings. The van der Waals surface area contributed by atoms with E-state index in [1.807, 2.05) is 0 Å². The fourth-order valence-electron chi connectivity index (χ4n) is 2.97. The van der Waals surface area contributed by atoms with Crippen molar-refractivity contribution in [2.24, 2.45) is 0 Å². The Morgan fingerprint density at radius 1 is 0.935 bits per heavy atom. The minimum Gasteiger partial charge on any atom is -0.497 e. The van der Waals surface area contributed by atoms with Crippen molar-refractivity contribution in [2.45, 2.75) is 11.8 Å². The van der Waals surface area contributed by atoms with Crippen LogP contribution in [0, 0.1) is 0 Å². The Bertz CT molecular complexity index is 1120. The first-order valence-electron chi connectivity index (χ1n) is 9.68. The van der Waals surface area contributed by atoms with Crippen LogP contribution >= 0.6 is 0 Å². The molecule has 0 aromatic heterocycles. The van der Waals surface area contributed by atoms with Gasteiger partial charge in [0.25, 0.3) is 15.9 Å². The number of sulfonamides is 1. The maximum atomic E-state index is 12.9. The Morgan fingerprint density at radius 3 is 2.29 bits per heavy atom. The normalized spacial score (nSPS) is 10.9. The third kappa shape index (κ3) is 5.55. The zero-order valence-corrected chi connectivity index (χ0v) is 18.1. The average molecular weight is 441 g/mol. The van der Waals surface area contributed by atoms with E-state index in [0.29, 0.717) is 22.9 Å². The number of nitrogens with zero attached hydrogens (tertiary/aromatic N) is 1. The second-order valence-corrected chi connectivity index (χ2v) is 8.41. The first-order valence-corrected chi connectivity index (χ1v) is 11.1. The van der Waals surface area contributed by atoms with Crippen LogP contribution in [-0.2, 0) is 14.8 Å². The third-order valence-electron chi connectivity index (χ3n) is 4.47. The van der Waals surface area contributed by atoms with E-state index in [0.717, 1.165) is 0 Å². The van der Waals surface area contributed by atoms with Gasteiger partial charge in [-0.2, -0.15) is 0 Å². The van der Waals surface area contributed by atoms with Crippen LogP contribution < -0.4 is 19.1 Å². The maximum absolute atomic E-state index is 12.9. The fraction of sp³-hybridized carbons (Fsp3) is 0.174. The van der Waals surface area contributed by atoms with Crippen LogP contribution in [0.1, 0.15) is 6.92 Å². The van der Waals surface area contributed by atoms with E-state index < -0.39 is 10.0 Å². The second kappa shape index (κ2) is 9.99. The summed E-state index contributed by atoms with van der Waals surface area (Å²) in [6.07, 6.45) is 0. The molecule has 0 atom stereocenters. The summed E-state index contributed by atoms with van der Waals surface area (Å²) in [6.45, 7) is 1.87. The number of anilines is 2. The molecule has 162 valence electrons. The number of carbonyl (C=O) groups excluding carboxylic acids is 1. The topological polar surface area (TPSA) is 84.9 Å². The van der Waals surface area contributed by atoms with Crippen molar-refractivity contribution < 1.29 is 22.7 Å². The van der Waals surface area contributed by atoms with Gasteiger partial charge in [-0.15, -0.1) is 0 Å². The molecular weight excluding hydrogens is 416 g/mol. The van der Waals surface area contributed by atoms with Gasteiger partial charge in [0.2, 0.25) is 0 Å². The number of amides is 1. The van der Waals surface area contributed by atoms with Crippen molar-refractivity contribution in [3.63, 3.8) is 0 Å². The minimum atomic E-state index is -3.66. The third-order valence-corrected chi connectivity index (χ3v) is 6.38. The van der Waals surface area contributed by atoms with Crippen molar-refractivity contribution in [3.05, 3.63) is 78.9 Å². The number of methoxy groups -OCH3 is 1. The molecule has 3 aromatic rings. The quantitative estimate of drug-likeness (QED) is 0.545. The summed E-state index contributed by atoms with van der Waals surface area (Å²) in [5.74, 6) is 0.775. The van der Waals surface area contributed by atoms with Gasteiger partial charge in [0.1, 0.15) is 11.5 Å². The summed E-state index contributed by atoms with van der Waals surface area (Å²) in [5, 5.41) is 2.73. The van der Waals surface area contributed by atoms with Crippen LogP contribution in [0.15, 0.2) is 83.8 Å². The van der Waals surface area contributed by atoms with E-state index in [9.17, 15) is 13.2 Å². The van der Waals surface area contributed by atoms with Gasteiger partial charge in [0, 0.05) is 18.3 Å². The fourth-order valence-corrected chi connectivity index (χ4v) is 4.46. The molecule has 0 radical (unpaired) electrons. The Balaban J connectivity index is 1.63. The molecule has 8 heteroatoms. The highest BCUT2D eigenvalue weighted by Gasteiger charge is 2.23. The van der Waals surface area contributed by atoms with Crippen molar-refractivity contribution in [1.29, 1.82) is 0 Å². The van der Waals surface area contributed by atoms with E-state index in [4.69, 9.17) is 9.47 Å². The predicted octanol–water partition coefficient (Wildman–Crippen LogP) is 3.93. The van der Waals surface area contributed by atoms with Crippen LogP contribution in [0.2, 0.25) is 0 Å². The first kappa shape index (κ1) is 22.2. The minimum absolute atomic E-state index is 0.184. The standard InChI is InChI=1S/C23H24N2O5S/c1-3-25(31(27,28)22-10-5-4-6-11-22)19-12-14-20(15-13-19)30-17-23(26)24-18-8-7-9-21(16-18)29-2/h4-16H,3,17H2,1-2H3,(H,24,26).